The van der Waals surface area contributed by atoms with Crippen LogP contribution in [0.3, 0.4) is 0 Å². The molecule has 0 aliphatic carbocycles. The minimum Gasteiger partial charge on any atom is -0.463 e. The van der Waals surface area contributed by atoms with Gasteiger partial charge < -0.3 is 14.8 Å². The molecule has 0 spiro atoms. The van der Waals surface area contributed by atoms with Gasteiger partial charge >= 0.3 is 5.97 Å². The topological polar surface area (TPSA) is 47.6 Å². The molecule has 0 aliphatic rings. The largest absolute Gasteiger partial charge is 0.463 e. The maximum absolute atomic E-state index is 11.1. The van der Waals surface area contributed by atoms with E-state index in [1.54, 1.807) is 7.11 Å². The summed E-state index contributed by atoms with van der Waals surface area (Å²) in [7, 11) is 1.58. The molecule has 0 saturated heterocycles. The van der Waals surface area contributed by atoms with Gasteiger partial charge in [0.05, 0.1) is 6.61 Å². The molecule has 0 bridgehead atoms. The molecule has 14 heavy (non-hydrogen) atoms. The third-order valence-electron chi connectivity index (χ3n) is 1.66. The van der Waals surface area contributed by atoms with Crippen LogP contribution in [0.2, 0.25) is 0 Å². The molecule has 84 valence electrons. The van der Waals surface area contributed by atoms with Crippen LogP contribution in [0, 0.1) is 0 Å². The first-order chi connectivity index (χ1) is 6.66. The minimum atomic E-state index is -0.146. The Hall–Kier alpha value is -0.610. The van der Waals surface area contributed by atoms with E-state index in [1.165, 1.54) is 0 Å². The highest BCUT2D eigenvalue weighted by atomic mass is 16.6. The maximum Gasteiger partial charge on any atom is 0.305 e. The Morgan fingerprint density at radius 1 is 1.36 bits per heavy atom. The van der Waals surface area contributed by atoms with Gasteiger partial charge in [0.15, 0.2) is 0 Å². The highest BCUT2D eigenvalue weighted by Gasteiger charge is 2.01. The number of nitrogens with one attached hydrogen (secondary N) is 1. The molecule has 4 heteroatoms. The Balaban J connectivity index is 3.18. The molecule has 1 N–H and O–H groups in total. The van der Waals surface area contributed by atoms with E-state index in [4.69, 9.17) is 9.47 Å². The molecule has 0 radical (unpaired) electrons. The van der Waals surface area contributed by atoms with Crippen molar-refractivity contribution in [3.05, 3.63) is 0 Å². The van der Waals surface area contributed by atoms with Crippen molar-refractivity contribution in [2.75, 3.05) is 26.9 Å². The lowest BCUT2D eigenvalue weighted by molar-refractivity contribution is -0.145. The van der Waals surface area contributed by atoms with Crippen molar-refractivity contribution in [3.63, 3.8) is 0 Å². The van der Waals surface area contributed by atoms with Crippen LogP contribution in [-0.4, -0.2) is 38.9 Å². The fraction of sp³-hybridized carbons (Fsp3) is 0.900. The summed E-state index contributed by atoms with van der Waals surface area (Å²) in [4.78, 5) is 11.1. The van der Waals surface area contributed by atoms with Crippen LogP contribution >= 0.6 is 0 Å². The quantitative estimate of drug-likeness (QED) is 0.471. The summed E-state index contributed by atoms with van der Waals surface area (Å²) in [5.74, 6) is -0.146. The number of carbonyl (C=O) groups is 1. The Morgan fingerprint density at radius 3 is 2.64 bits per heavy atom. The zero-order valence-corrected chi connectivity index (χ0v) is 9.34. The van der Waals surface area contributed by atoms with Gasteiger partial charge in [0.25, 0.3) is 0 Å². The van der Waals surface area contributed by atoms with Crippen molar-refractivity contribution in [1.29, 1.82) is 0 Å². The average molecular weight is 203 g/mol. The Kier molecular flexibility index (Phi) is 8.57. The standard InChI is InChI=1S/C10H21NO3/c1-9(2)11-6-4-5-10(12)14-8-7-13-3/h9,11H,4-8H2,1-3H3. The van der Waals surface area contributed by atoms with E-state index in [0.29, 0.717) is 25.7 Å². The maximum atomic E-state index is 11.1. The second kappa shape index (κ2) is 8.97. The summed E-state index contributed by atoms with van der Waals surface area (Å²) in [5, 5.41) is 3.24. The lowest BCUT2D eigenvalue weighted by Gasteiger charge is -2.07. The molecule has 0 atom stereocenters. The number of methoxy groups -OCH3 is 1. The number of esters is 1. The highest BCUT2D eigenvalue weighted by molar-refractivity contribution is 5.69. The van der Waals surface area contributed by atoms with Crippen molar-refractivity contribution in [2.45, 2.75) is 32.7 Å². The van der Waals surface area contributed by atoms with Gasteiger partial charge in [-0.25, -0.2) is 0 Å². The van der Waals surface area contributed by atoms with E-state index in [0.717, 1.165) is 13.0 Å². The lowest BCUT2D eigenvalue weighted by Crippen LogP contribution is -2.24. The molecule has 0 heterocycles. The number of hydrogen-bond acceptors (Lipinski definition) is 4. The molecule has 0 aromatic heterocycles. The van der Waals surface area contributed by atoms with Gasteiger partial charge in [-0.05, 0) is 13.0 Å². The molecule has 0 amide bonds. The van der Waals surface area contributed by atoms with Crippen molar-refractivity contribution in [1.82, 2.24) is 5.32 Å². The van der Waals surface area contributed by atoms with Crippen LogP contribution in [-0.2, 0) is 14.3 Å². The van der Waals surface area contributed by atoms with Gasteiger partial charge in [-0.2, -0.15) is 0 Å². The first kappa shape index (κ1) is 13.4. The van der Waals surface area contributed by atoms with Gasteiger partial charge in [0.1, 0.15) is 6.61 Å². The molecule has 4 nitrogen and oxygen atoms in total. The summed E-state index contributed by atoms with van der Waals surface area (Å²) in [6.45, 7) is 5.84. The Morgan fingerprint density at radius 2 is 2.07 bits per heavy atom. The van der Waals surface area contributed by atoms with Gasteiger partial charge in [0, 0.05) is 19.6 Å². The smallest absolute Gasteiger partial charge is 0.305 e. The van der Waals surface area contributed by atoms with Gasteiger partial charge in [-0.15, -0.1) is 0 Å². The van der Waals surface area contributed by atoms with Gasteiger partial charge in [0.2, 0.25) is 0 Å². The summed E-state index contributed by atoms with van der Waals surface area (Å²) in [5.41, 5.74) is 0. The molecular formula is C10H21NO3. The van der Waals surface area contributed by atoms with Crippen LogP contribution in [0.1, 0.15) is 26.7 Å². The zero-order chi connectivity index (χ0) is 10.8. The molecule has 0 rings (SSSR count). The van der Waals surface area contributed by atoms with Crippen molar-refractivity contribution in [2.24, 2.45) is 0 Å². The van der Waals surface area contributed by atoms with Crippen molar-refractivity contribution < 1.29 is 14.3 Å². The predicted molar refractivity (Wildman–Crippen MR) is 55.2 cm³/mol. The number of hydrogen-bond donors (Lipinski definition) is 1. The van der Waals surface area contributed by atoms with Crippen molar-refractivity contribution in [3.8, 4) is 0 Å². The fourth-order valence-electron chi connectivity index (χ4n) is 0.934. The normalized spacial score (nSPS) is 10.6. The summed E-state index contributed by atoms with van der Waals surface area (Å²) < 4.78 is 9.66. The van der Waals surface area contributed by atoms with Crippen LogP contribution in [0.4, 0.5) is 0 Å². The van der Waals surface area contributed by atoms with E-state index in [1.807, 2.05) is 0 Å². The Bertz CT molecular complexity index is 148. The number of carbonyl (C=O) groups excluding carboxylic acids is 1. The molecule has 0 saturated carbocycles. The lowest BCUT2D eigenvalue weighted by atomic mass is 10.3. The first-order valence-electron chi connectivity index (χ1n) is 5.04. The molecule has 0 aromatic rings. The summed E-state index contributed by atoms with van der Waals surface area (Å²) in [6, 6.07) is 0.472. The average Bonchev–Trinajstić information content (AvgIpc) is 2.13. The predicted octanol–water partition coefficient (Wildman–Crippen LogP) is 0.954. The zero-order valence-electron chi connectivity index (χ0n) is 9.34. The fourth-order valence-corrected chi connectivity index (χ4v) is 0.934. The first-order valence-corrected chi connectivity index (χ1v) is 5.04. The van der Waals surface area contributed by atoms with E-state index in [9.17, 15) is 4.79 Å². The summed E-state index contributed by atoms with van der Waals surface area (Å²) >= 11 is 0. The second-order valence-corrected chi connectivity index (χ2v) is 3.43. The highest BCUT2D eigenvalue weighted by Crippen LogP contribution is 1.92. The van der Waals surface area contributed by atoms with E-state index >= 15 is 0 Å². The molecule has 0 fully saturated rings. The molecule has 0 aromatic carbocycles. The van der Waals surface area contributed by atoms with Crippen LogP contribution < -0.4 is 5.32 Å². The third kappa shape index (κ3) is 9.48. The van der Waals surface area contributed by atoms with E-state index in [2.05, 4.69) is 19.2 Å². The van der Waals surface area contributed by atoms with Gasteiger partial charge in [-0.3, -0.25) is 4.79 Å². The van der Waals surface area contributed by atoms with Gasteiger partial charge in [-0.1, -0.05) is 13.8 Å². The number of rotatable bonds is 8. The summed E-state index contributed by atoms with van der Waals surface area (Å²) in [6.07, 6.45) is 1.30. The van der Waals surface area contributed by atoms with Crippen LogP contribution in [0.5, 0.6) is 0 Å². The monoisotopic (exact) mass is 203 g/mol. The van der Waals surface area contributed by atoms with Crippen LogP contribution in [0.25, 0.3) is 0 Å². The Labute approximate surface area is 86.0 Å². The minimum absolute atomic E-state index is 0.146. The SMILES string of the molecule is COCCOC(=O)CCCNC(C)C. The van der Waals surface area contributed by atoms with Crippen LogP contribution in [0.15, 0.2) is 0 Å². The molecule has 0 unspecified atom stereocenters. The van der Waals surface area contributed by atoms with E-state index in [-0.39, 0.29) is 5.97 Å². The number of ether oxygens (including phenoxy) is 2. The van der Waals surface area contributed by atoms with Crippen molar-refractivity contribution >= 4 is 5.97 Å². The second-order valence-electron chi connectivity index (χ2n) is 3.43. The molecule has 0 aliphatic heterocycles. The van der Waals surface area contributed by atoms with E-state index < -0.39 is 0 Å². The molecular weight excluding hydrogens is 182 g/mol. The third-order valence-corrected chi connectivity index (χ3v) is 1.66.